The van der Waals surface area contributed by atoms with Crippen molar-refractivity contribution in [3.8, 4) is 5.88 Å². The number of hydrogen-bond donors (Lipinski definition) is 4. The Kier molecular flexibility index (Phi) is 7.34. The quantitative estimate of drug-likeness (QED) is 0.358. The number of amides is 1. The molecule has 34 heavy (non-hydrogen) atoms. The molecule has 0 atom stereocenters. The smallest absolute Gasteiger partial charge is 0.256 e. The average molecular weight is 460 g/mol. The van der Waals surface area contributed by atoms with E-state index in [1.54, 1.807) is 18.2 Å². The lowest BCUT2D eigenvalue weighted by Crippen LogP contribution is -2.25. The maximum absolute atomic E-state index is 12.7. The van der Waals surface area contributed by atoms with E-state index in [0.29, 0.717) is 35.6 Å². The number of nitrogens with one attached hydrogen (secondary N) is 4. The number of nitrogens with zero attached hydrogens (tertiary/aromatic N) is 3. The van der Waals surface area contributed by atoms with Gasteiger partial charge in [-0.3, -0.25) is 4.79 Å². The van der Waals surface area contributed by atoms with Gasteiger partial charge < -0.3 is 26.0 Å². The van der Waals surface area contributed by atoms with Crippen LogP contribution in [0.15, 0.2) is 55.3 Å². The van der Waals surface area contributed by atoms with Gasteiger partial charge in [0.05, 0.1) is 6.10 Å². The zero-order chi connectivity index (χ0) is 23.9. The molecule has 0 aliphatic carbocycles. The molecule has 4 rings (SSSR count). The van der Waals surface area contributed by atoms with Crippen LogP contribution in [0.2, 0.25) is 0 Å². The fourth-order valence-electron chi connectivity index (χ4n) is 3.56. The second-order valence-electron chi connectivity index (χ2n) is 8.14. The van der Waals surface area contributed by atoms with Crippen LogP contribution in [-0.4, -0.2) is 40.1 Å². The van der Waals surface area contributed by atoms with Crippen molar-refractivity contribution in [1.82, 2.24) is 25.6 Å². The van der Waals surface area contributed by atoms with Crippen molar-refractivity contribution in [3.63, 3.8) is 0 Å². The predicted molar refractivity (Wildman–Crippen MR) is 133 cm³/mol. The van der Waals surface area contributed by atoms with Crippen LogP contribution in [-0.2, 0) is 13.0 Å². The highest BCUT2D eigenvalue weighted by Gasteiger charge is 2.16. The average Bonchev–Trinajstić information content (AvgIpc) is 2.82. The Morgan fingerprint density at radius 1 is 1.21 bits per heavy atom. The van der Waals surface area contributed by atoms with E-state index in [2.05, 4.69) is 54.9 Å². The largest absolute Gasteiger partial charge is 0.475 e. The number of benzene rings is 1. The lowest BCUT2D eigenvalue weighted by atomic mass is 10.0. The van der Waals surface area contributed by atoms with Crippen molar-refractivity contribution in [1.29, 1.82) is 0 Å². The molecular formula is C25H29N7O2. The van der Waals surface area contributed by atoms with Crippen molar-refractivity contribution in [2.24, 2.45) is 0 Å². The second kappa shape index (κ2) is 10.8. The van der Waals surface area contributed by atoms with Gasteiger partial charge in [-0.1, -0.05) is 18.2 Å². The van der Waals surface area contributed by atoms with Crippen LogP contribution in [0.25, 0.3) is 0 Å². The molecule has 0 bridgehead atoms. The van der Waals surface area contributed by atoms with Gasteiger partial charge in [0.15, 0.2) is 0 Å². The Morgan fingerprint density at radius 3 is 2.91 bits per heavy atom. The SMILES string of the molecule is C=CCNC(=O)c1cnc(Nc2ccc3c(c2)CCNC3)nc1Nc1cccc(OC(C)C)n1. The highest BCUT2D eigenvalue weighted by molar-refractivity contribution is 5.99. The zero-order valence-corrected chi connectivity index (χ0v) is 19.4. The standard InChI is InChI=1S/C25H29N7O2/c1-4-11-27-24(33)20-15-28-25(29-19-9-8-18-14-26-12-10-17(18)13-19)32-23(20)31-21-6-5-7-22(30-21)34-16(2)3/h4-9,13,15-16,26H,1,10-12,14H2,2-3H3,(H,27,33)(H2,28,29,30,31,32). The third-order valence-corrected chi connectivity index (χ3v) is 5.12. The molecule has 1 aromatic carbocycles. The molecule has 9 nitrogen and oxygen atoms in total. The Morgan fingerprint density at radius 2 is 2.09 bits per heavy atom. The molecule has 1 aliphatic rings. The number of anilines is 4. The van der Waals surface area contributed by atoms with Gasteiger partial charge in [-0.05, 0) is 56.1 Å². The van der Waals surface area contributed by atoms with Crippen molar-refractivity contribution >= 4 is 29.2 Å². The summed E-state index contributed by atoms with van der Waals surface area (Å²) in [7, 11) is 0. The fourth-order valence-corrected chi connectivity index (χ4v) is 3.56. The number of hydrogen-bond acceptors (Lipinski definition) is 8. The van der Waals surface area contributed by atoms with E-state index >= 15 is 0 Å². The van der Waals surface area contributed by atoms with Gasteiger partial charge in [-0.15, -0.1) is 6.58 Å². The molecule has 0 saturated heterocycles. The van der Waals surface area contributed by atoms with Crippen molar-refractivity contribution < 1.29 is 9.53 Å². The molecule has 0 radical (unpaired) electrons. The normalized spacial score (nSPS) is 12.6. The second-order valence-corrected chi connectivity index (χ2v) is 8.14. The highest BCUT2D eigenvalue weighted by Crippen LogP contribution is 2.24. The molecule has 0 unspecified atom stereocenters. The number of aromatic nitrogens is 3. The lowest BCUT2D eigenvalue weighted by Gasteiger charge is -2.18. The Balaban J connectivity index is 1.61. The molecule has 176 valence electrons. The van der Waals surface area contributed by atoms with E-state index in [1.807, 2.05) is 26.0 Å². The predicted octanol–water partition coefficient (Wildman–Crippen LogP) is 3.71. The minimum atomic E-state index is -0.315. The van der Waals surface area contributed by atoms with E-state index in [9.17, 15) is 4.79 Å². The monoisotopic (exact) mass is 459 g/mol. The lowest BCUT2D eigenvalue weighted by molar-refractivity contribution is 0.0958. The van der Waals surface area contributed by atoms with E-state index in [1.165, 1.54) is 17.3 Å². The first-order valence-electron chi connectivity index (χ1n) is 11.3. The first-order valence-corrected chi connectivity index (χ1v) is 11.3. The molecule has 1 amide bonds. The topological polar surface area (TPSA) is 113 Å². The molecule has 2 aromatic heterocycles. The summed E-state index contributed by atoms with van der Waals surface area (Å²) in [6, 6.07) is 11.6. The number of fused-ring (bicyclic) bond motifs is 1. The van der Waals surface area contributed by atoms with Gasteiger partial charge in [0.25, 0.3) is 5.91 Å². The summed E-state index contributed by atoms with van der Waals surface area (Å²) in [5.41, 5.74) is 3.78. The molecule has 9 heteroatoms. The van der Waals surface area contributed by atoms with Gasteiger partial charge in [0.1, 0.15) is 17.2 Å². The van der Waals surface area contributed by atoms with Gasteiger partial charge in [-0.25, -0.2) is 4.98 Å². The summed E-state index contributed by atoms with van der Waals surface area (Å²) >= 11 is 0. The Labute approximate surface area is 199 Å². The summed E-state index contributed by atoms with van der Waals surface area (Å²) in [6.07, 6.45) is 4.07. The Hall–Kier alpha value is -3.98. The summed E-state index contributed by atoms with van der Waals surface area (Å²) in [6.45, 7) is 9.68. The van der Waals surface area contributed by atoms with Gasteiger partial charge in [0, 0.05) is 31.0 Å². The summed E-state index contributed by atoms with van der Waals surface area (Å²) < 4.78 is 5.68. The van der Waals surface area contributed by atoms with Crippen LogP contribution in [0.4, 0.5) is 23.3 Å². The van der Waals surface area contributed by atoms with Gasteiger partial charge in [0.2, 0.25) is 11.8 Å². The minimum absolute atomic E-state index is 0.00903. The molecule has 0 spiro atoms. The number of carbonyl (C=O) groups is 1. The van der Waals surface area contributed by atoms with Crippen LogP contribution in [0.3, 0.4) is 0 Å². The van der Waals surface area contributed by atoms with Crippen LogP contribution in [0.5, 0.6) is 5.88 Å². The highest BCUT2D eigenvalue weighted by atomic mass is 16.5. The first kappa shape index (κ1) is 23.2. The molecule has 3 aromatic rings. The molecule has 0 saturated carbocycles. The molecule has 3 heterocycles. The molecule has 1 aliphatic heterocycles. The fraction of sp³-hybridized carbons (Fsp3) is 0.280. The van der Waals surface area contributed by atoms with Gasteiger partial charge in [-0.2, -0.15) is 9.97 Å². The van der Waals surface area contributed by atoms with Crippen LogP contribution in [0.1, 0.15) is 35.3 Å². The number of rotatable bonds is 9. The van der Waals surface area contributed by atoms with Crippen molar-refractivity contribution in [2.75, 3.05) is 23.7 Å². The third-order valence-electron chi connectivity index (χ3n) is 5.12. The van der Waals surface area contributed by atoms with E-state index in [0.717, 1.165) is 25.2 Å². The first-order chi connectivity index (χ1) is 16.5. The number of ether oxygens (including phenoxy) is 1. The van der Waals surface area contributed by atoms with Crippen LogP contribution in [0, 0.1) is 0 Å². The molecule has 4 N–H and O–H groups in total. The summed E-state index contributed by atoms with van der Waals surface area (Å²) in [4.78, 5) is 26.1. The third kappa shape index (κ3) is 5.87. The van der Waals surface area contributed by atoms with E-state index in [4.69, 9.17) is 4.74 Å². The number of carbonyl (C=O) groups excluding carboxylic acids is 1. The molecule has 0 fully saturated rings. The van der Waals surface area contributed by atoms with Crippen LogP contribution < -0.4 is 26.0 Å². The van der Waals surface area contributed by atoms with Crippen molar-refractivity contribution in [2.45, 2.75) is 32.9 Å². The zero-order valence-electron chi connectivity index (χ0n) is 19.4. The van der Waals surface area contributed by atoms with E-state index < -0.39 is 0 Å². The Bertz CT molecular complexity index is 1180. The number of pyridine rings is 1. The van der Waals surface area contributed by atoms with Crippen LogP contribution >= 0.6 is 0 Å². The molecular weight excluding hydrogens is 430 g/mol. The maximum Gasteiger partial charge on any atom is 0.256 e. The summed E-state index contributed by atoms with van der Waals surface area (Å²) in [5.74, 6) is 1.36. The van der Waals surface area contributed by atoms with Crippen molar-refractivity contribution in [3.05, 3.63) is 71.9 Å². The maximum atomic E-state index is 12.7. The summed E-state index contributed by atoms with van der Waals surface area (Å²) in [5, 5.41) is 12.5. The van der Waals surface area contributed by atoms with E-state index in [-0.39, 0.29) is 12.0 Å². The minimum Gasteiger partial charge on any atom is -0.475 e. The van der Waals surface area contributed by atoms with Gasteiger partial charge >= 0.3 is 0 Å².